The van der Waals surface area contributed by atoms with Crippen molar-refractivity contribution >= 4 is 13.0 Å². The molecule has 0 aromatic carbocycles. The number of hydrogen-bond donors (Lipinski definition) is 0. The van der Waals surface area contributed by atoms with Crippen LogP contribution < -0.4 is 0 Å². The summed E-state index contributed by atoms with van der Waals surface area (Å²) >= 11 is 0. The van der Waals surface area contributed by atoms with Crippen molar-refractivity contribution in [3.8, 4) is 0 Å². The summed E-state index contributed by atoms with van der Waals surface area (Å²) in [7, 11) is -0.684. The third kappa shape index (κ3) is 2.78. The highest BCUT2D eigenvalue weighted by Crippen LogP contribution is 2.65. The van der Waals surface area contributed by atoms with E-state index < -0.39 is 48.1 Å². The highest BCUT2D eigenvalue weighted by atomic mass is 19.4. The van der Waals surface area contributed by atoms with Crippen LogP contribution in [-0.4, -0.2) is 43.0 Å². The lowest BCUT2D eigenvalue weighted by Crippen LogP contribution is -2.41. The van der Waals surface area contributed by atoms with E-state index in [0.717, 1.165) is 0 Å². The quantitative estimate of drug-likeness (QED) is 0.573. The van der Waals surface area contributed by atoms with Crippen LogP contribution in [0.1, 0.15) is 34.1 Å². The van der Waals surface area contributed by atoms with Gasteiger partial charge in [0.15, 0.2) is 12.4 Å². The van der Waals surface area contributed by atoms with Crippen molar-refractivity contribution in [2.24, 2.45) is 4.99 Å². The smallest absolute Gasteiger partial charge is 0.466 e. The van der Waals surface area contributed by atoms with Crippen molar-refractivity contribution in [3.63, 3.8) is 0 Å². The SMILES string of the molecule is CC1(C)OB(C23C=C(F)C(OCC(F)(F)F)=NC2C3)OC1(C)C. The number of aliphatic imine (C=N–C) groups is 1. The fraction of sp³-hybridized carbons (Fsp3) is 0.786. The Hall–Kier alpha value is -1.09. The second-order valence-electron chi connectivity index (χ2n) is 7.25. The molecule has 1 saturated heterocycles. The number of hydrogen-bond acceptors (Lipinski definition) is 4. The average molecular weight is 335 g/mol. The van der Waals surface area contributed by atoms with Gasteiger partial charge >= 0.3 is 13.3 Å². The van der Waals surface area contributed by atoms with Gasteiger partial charge in [0, 0.05) is 0 Å². The zero-order valence-corrected chi connectivity index (χ0v) is 13.3. The Morgan fingerprint density at radius 2 is 1.83 bits per heavy atom. The van der Waals surface area contributed by atoms with E-state index in [4.69, 9.17) is 9.31 Å². The molecule has 0 aromatic heterocycles. The number of halogens is 4. The monoisotopic (exact) mass is 335 g/mol. The Kier molecular flexibility index (Phi) is 3.44. The van der Waals surface area contributed by atoms with E-state index in [-0.39, 0.29) is 6.04 Å². The first kappa shape index (κ1) is 16.8. The number of alkyl halides is 3. The van der Waals surface area contributed by atoms with Crippen LogP contribution in [0.2, 0.25) is 5.31 Å². The maximum Gasteiger partial charge on any atom is 0.470 e. The van der Waals surface area contributed by atoms with Crippen molar-refractivity contribution in [1.29, 1.82) is 0 Å². The van der Waals surface area contributed by atoms with Gasteiger partial charge in [0.05, 0.1) is 22.6 Å². The molecule has 0 radical (unpaired) electrons. The lowest BCUT2D eigenvalue weighted by Gasteiger charge is -2.32. The summed E-state index contributed by atoms with van der Waals surface area (Å²) in [5.74, 6) is -1.50. The van der Waals surface area contributed by atoms with Crippen LogP contribution in [0.15, 0.2) is 16.9 Å². The minimum absolute atomic E-state index is 0.389. The summed E-state index contributed by atoms with van der Waals surface area (Å²) in [5, 5.41) is -0.764. The van der Waals surface area contributed by atoms with Crippen LogP contribution in [0.5, 0.6) is 0 Å². The third-order valence-corrected chi connectivity index (χ3v) is 4.94. The lowest BCUT2D eigenvalue weighted by atomic mass is 9.66. The summed E-state index contributed by atoms with van der Waals surface area (Å²) in [6.07, 6.45) is -2.85. The first-order valence-corrected chi connectivity index (χ1v) is 7.38. The van der Waals surface area contributed by atoms with Gasteiger partial charge in [0.1, 0.15) is 0 Å². The standard InChI is InChI=1S/C14H18BF4NO3/c1-11(2)12(3,4)23-15(22-11)13-5-8(16)10(20-9(13)6-13)21-7-14(17,18)19/h5,9H,6-7H2,1-4H3. The molecule has 0 amide bonds. The highest BCUT2D eigenvalue weighted by molar-refractivity contribution is 6.52. The molecule has 2 fully saturated rings. The van der Waals surface area contributed by atoms with E-state index in [0.29, 0.717) is 6.42 Å². The van der Waals surface area contributed by atoms with Gasteiger partial charge in [-0.3, -0.25) is 0 Å². The molecule has 1 aliphatic carbocycles. The van der Waals surface area contributed by atoms with Gasteiger partial charge in [0.25, 0.3) is 0 Å². The zero-order valence-electron chi connectivity index (χ0n) is 13.3. The number of nitrogens with zero attached hydrogens (tertiary/aromatic N) is 1. The van der Waals surface area contributed by atoms with E-state index in [9.17, 15) is 17.6 Å². The van der Waals surface area contributed by atoms with Crippen LogP contribution in [0, 0.1) is 0 Å². The predicted molar refractivity (Wildman–Crippen MR) is 75.8 cm³/mol. The Balaban J connectivity index is 1.74. The predicted octanol–water partition coefficient (Wildman–Crippen LogP) is 3.44. The minimum Gasteiger partial charge on any atom is -0.466 e. The summed E-state index contributed by atoms with van der Waals surface area (Å²) < 4.78 is 66.9. The molecule has 23 heavy (non-hydrogen) atoms. The van der Waals surface area contributed by atoms with E-state index in [1.807, 2.05) is 27.7 Å². The largest absolute Gasteiger partial charge is 0.470 e. The number of fused-ring (bicyclic) bond motifs is 1. The molecule has 128 valence electrons. The van der Waals surface area contributed by atoms with E-state index >= 15 is 0 Å². The Morgan fingerprint density at radius 1 is 1.26 bits per heavy atom. The van der Waals surface area contributed by atoms with Gasteiger partial charge in [-0.05, 0) is 40.2 Å². The van der Waals surface area contributed by atoms with Crippen LogP contribution in [0.25, 0.3) is 0 Å². The van der Waals surface area contributed by atoms with Crippen LogP contribution in [-0.2, 0) is 14.0 Å². The van der Waals surface area contributed by atoms with Crippen LogP contribution >= 0.6 is 0 Å². The molecule has 4 nitrogen and oxygen atoms in total. The first-order valence-electron chi connectivity index (χ1n) is 7.38. The number of ether oxygens (including phenoxy) is 1. The summed E-state index contributed by atoms with van der Waals surface area (Å²) in [6.45, 7) is 5.95. The van der Waals surface area contributed by atoms with E-state index in [2.05, 4.69) is 9.73 Å². The summed E-state index contributed by atoms with van der Waals surface area (Å²) in [5.41, 5.74) is -1.14. The van der Waals surface area contributed by atoms with Crippen LogP contribution in [0.3, 0.4) is 0 Å². The molecule has 0 N–H and O–H groups in total. The van der Waals surface area contributed by atoms with Gasteiger partial charge in [0.2, 0.25) is 5.90 Å². The van der Waals surface area contributed by atoms with Crippen LogP contribution in [0.4, 0.5) is 17.6 Å². The molecule has 0 aromatic rings. The van der Waals surface area contributed by atoms with E-state index in [1.54, 1.807) is 0 Å². The fourth-order valence-electron chi connectivity index (χ4n) is 2.74. The normalized spacial score (nSPS) is 34.6. The molecular weight excluding hydrogens is 317 g/mol. The summed E-state index contributed by atoms with van der Waals surface area (Å²) in [6, 6.07) is -0.389. The highest BCUT2D eigenvalue weighted by Gasteiger charge is 2.70. The van der Waals surface area contributed by atoms with E-state index in [1.165, 1.54) is 6.08 Å². The second kappa shape index (κ2) is 4.72. The maximum atomic E-state index is 14.1. The average Bonchev–Trinajstić information content (AvgIpc) is 3.01. The first-order chi connectivity index (χ1) is 10.4. The van der Waals surface area contributed by atoms with Gasteiger partial charge in [-0.25, -0.2) is 9.38 Å². The Labute approximate surface area is 132 Å². The van der Waals surface area contributed by atoms with Gasteiger partial charge < -0.3 is 14.0 Å². The number of dihydropyridines is 1. The molecular formula is C14H18BF4NO3. The molecule has 2 unspecified atom stereocenters. The molecule has 3 rings (SSSR count). The topological polar surface area (TPSA) is 40.0 Å². The zero-order chi connectivity index (χ0) is 17.3. The van der Waals surface area contributed by atoms with Crippen molar-refractivity contribution in [2.45, 2.75) is 62.9 Å². The molecule has 3 aliphatic rings. The molecule has 0 bridgehead atoms. The van der Waals surface area contributed by atoms with Gasteiger partial charge in [-0.1, -0.05) is 0 Å². The fourth-order valence-corrected chi connectivity index (χ4v) is 2.74. The van der Waals surface area contributed by atoms with Crippen molar-refractivity contribution < 1.29 is 31.6 Å². The molecule has 2 heterocycles. The summed E-state index contributed by atoms with van der Waals surface area (Å²) in [4.78, 5) is 3.94. The Morgan fingerprint density at radius 3 is 2.35 bits per heavy atom. The van der Waals surface area contributed by atoms with Crippen molar-refractivity contribution in [1.82, 2.24) is 0 Å². The molecule has 9 heteroatoms. The maximum absolute atomic E-state index is 14.1. The molecule has 1 saturated carbocycles. The van der Waals surface area contributed by atoms with Gasteiger partial charge in [-0.2, -0.15) is 13.2 Å². The minimum atomic E-state index is -4.54. The molecule has 2 aliphatic heterocycles. The van der Waals surface area contributed by atoms with Crippen molar-refractivity contribution in [2.75, 3.05) is 6.61 Å². The molecule has 2 atom stereocenters. The Bertz CT molecular complexity index is 571. The number of rotatable bonds is 2. The third-order valence-electron chi connectivity index (χ3n) is 4.94. The second-order valence-corrected chi connectivity index (χ2v) is 7.25. The van der Waals surface area contributed by atoms with Crippen molar-refractivity contribution in [3.05, 3.63) is 11.9 Å². The molecule has 0 spiro atoms. The lowest BCUT2D eigenvalue weighted by molar-refractivity contribution is -0.156. The van der Waals surface area contributed by atoms with Gasteiger partial charge in [-0.15, -0.1) is 0 Å².